The predicted molar refractivity (Wildman–Crippen MR) is 155 cm³/mol. The van der Waals surface area contributed by atoms with Crippen LogP contribution in [-0.4, -0.2) is 52.7 Å². The van der Waals surface area contributed by atoms with Crippen LogP contribution in [0.1, 0.15) is 48.1 Å². The van der Waals surface area contributed by atoms with Gasteiger partial charge in [-0.25, -0.2) is 9.98 Å². The van der Waals surface area contributed by atoms with Crippen molar-refractivity contribution in [3.63, 3.8) is 0 Å². The Hall–Kier alpha value is -3.35. The number of amidine groups is 1. The molecule has 37 heavy (non-hydrogen) atoms. The molecule has 2 aliphatic heterocycles. The van der Waals surface area contributed by atoms with Gasteiger partial charge in [0.05, 0.1) is 12.0 Å². The van der Waals surface area contributed by atoms with Crippen LogP contribution in [0.25, 0.3) is 11.8 Å². The molecule has 2 saturated heterocycles. The van der Waals surface area contributed by atoms with Gasteiger partial charge < -0.3 is 9.88 Å². The smallest absolute Gasteiger partial charge is 0.143 e. The Morgan fingerprint density at radius 3 is 2.68 bits per heavy atom. The maximum atomic E-state index is 7.39. The third-order valence-electron chi connectivity index (χ3n) is 7.34. The molecule has 194 valence electrons. The summed E-state index contributed by atoms with van der Waals surface area (Å²) in [6.45, 7) is 12.2. The molecule has 2 atom stereocenters. The highest BCUT2D eigenvalue weighted by Crippen LogP contribution is 2.29. The van der Waals surface area contributed by atoms with Gasteiger partial charge >= 0.3 is 0 Å². The number of imidazole rings is 1. The molecule has 0 aliphatic carbocycles. The summed E-state index contributed by atoms with van der Waals surface area (Å²) in [6.07, 6.45) is 12.9. The lowest BCUT2D eigenvalue weighted by Crippen LogP contribution is -2.42. The highest BCUT2D eigenvalue weighted by Gasteiger charge is 2.32. The Balaban J connectivity index is 0.000000173. The van der Waals surface area contributed by atoms with Gasteiger partial charge in [-0.1, -0.05) is 42.5 Å². The van der Waals surface area contributed by atoms with Crippen LogP contribution in [-0.2, 0) is 6.54 Å². The molecule has 0 amide bonds. The fourth-order valence-corrected chi connectivity index (χ4v) is 5.46. The number of hydrogen-bond acceptors (Lipinski definition) is 4. The third kappa shape index (κ3) is 7.57. The van der Waals surface area contributed by atoms with E-state index in [1.165, 1.54) is 50.9 Å². The van der Waals surface area contributed by atoms with Gasteiger partial charge in [-0.15, -0.1) is 0 Å². The first-order valence-electron chi connectivity index (χ1n) is 13.4. The average Bonchev–Trinajstić information content (AvgIpc) is 3.57. The predicted octanol–water partition coefficient (Wildman–Crippen LogP) is 5.83. The average molecular weight is 497 g/mol. The minimum absolute atomic E-state index is 0.159. The summed E-state index contributed by atoms with van der Waals surface area (Å²) < 4.78 is 2.01. The van der Waals surface area contributed by atoms with Crippen molar-refractivity contribution in [3.8, 4) is 5.69 Å². The molecular formula is C31H40N6. The first kappa shape index (κ1) is 26.7. The van der Waals surface area contributed by atoms with Crippen LogP contribution in [0.3, 0.4) is 0 Å². The third-order valence-corrected chi connectivity index (χ3v) is 7.34. The van der Waals surface area contributed by atoms with Crippen molar-refractivity contribution in [2.24, 2.45) is 10.9 Å². The molecule has 5 rings (SSSR count). The van der Waals surface area contributed by atoms with Crippen LogP contribution in [0, 0.1) is 25.2 Å². The van der Waals surface area contributed by atoms with Gasteiger partial charge in [0.25, 0.3) is 0 Å². The monoisotopic (exact) mass is 496 g/mol. The van der Waals surface area contributed by atoms with Crippen LogP contribution in [0.15, 0.2) is 72.1 Å². The Bertz CT molecular complexity index is 1190. The number of aryl methyl sites for hydroxylation is 2. The molecule has 2 aromatic carbocycles. The number of nitrogens with zero attached hydrogens (tertiary/aromatic N) is 4. The van der Waals surface area contributed by atoms with Crippen molar-refractivity contribution in [2.45, 2.75) is 52.1 Å². The van der Waals surface area contributed by atoms with Gasteiger partial charge in [0.15, 0.2) is 0 Å². The molecule has 2 aliphatic rings. The topological polar surface area (TPSA) is 69.3 Å². The summed E-state index contributed by atoms with van der Waals surface area (Å²) >= 11 is 0. The number of aliphatic imine (C=N–C) groups is 1. The zero-order valence-corrected chi connectivity index (χ0v) is 22.2. The zero-order chi connectivity index (χ0) is 26.0. The normalized spacial score (nSPS) is 19.9. The van der Waals surface area contributed by atoms with Gasteiger partial charge in [0, 0.05) is 24.5 Å². The lowest BCUT2D eigenvalue weighted by Gasteiger charge is -2.34. The largest absolute Gasteiger partial charge is 0.316 e. The van der Waals surface area contributed by atoms with Crippen molar-refractivity contribution in [1.29, 1.82) is 5.41 Å². The van der Waals surface area contributed by atoms with Gasteiger partial charge in [-0.05, 0) is 107 Å². The van der Waals surface area contributed by atoms with Crippen LogP contribution < -0.4 is 5.32 Å². The van der Waals surface area contributed by atoms with E-state index in [0.717, 1.165) is 41.0 Å². The van der Waals surface area contributed by atoms with Crippen LogP contribution >= 0.6 is 0 Å². The van der Waals surface area contributed by atoms with Gasteiger partial charge in [-0.2, -0.15) is 0 Å². The molecule has 6 nitrogen and oxygen atoms in total. The van der Waals surface area contributed by atoms with Crippen molar-refractivity contribution in [3.05, 3.63) is 89.5 Å². The van der Waals surface area contributed by atoms with Gasteiger partial charge in [-0.3, -0.25) is 10.3 Å². The van der Waals surface area contributed by atoms with E-state index in [0.29, 0.717) is 0 Å². The summed E-state index contributed by atoms with van der Waals surface area (Å²) in [6, 6.07) is 17.9. The number of nitrogens with one attached hydrogen (secondary N) is 2. The lowest BCUT2D eigenvalue weighted by atomic mass is 9.90. The zero-order valence-electron chi connectivity index (χ0n) is 22.2. The van der Waals surface area contributed by atoms with Crippen molar-refractivity contribution < 1.29 is 0 Å². The molecule has 3 heterocycles. The Morgan fingerprint density at radius 2 is 2.00 bits per heavy atom. The molecule has 3 aromatic rings. The van der Waals surface area contributed by atoms with Crippen molar-refractivity contribution >= 4 is 18.6 Å². The molecule has 1 aromatic heterocycles. The van der Waals surface area contributed by atoms with Gasteiger partial charge in [0.2, 0.25) is 0 Å². The summed E-state index contributed by atoms with van der Waals surface area (Å²) in [7, 11) is 0. The maximum Gasteiger partial charge on any atom is 0.143 e. The van der Waals surface area contributed by atoms with E-state index < -0.39 is 0 Å². The van der Waals surface area contributed by atoms with E-state index in [9.17, 15) is 0 Å². The Morgan fingerprint density at radius 1 is 1.16 bits per heavy atom. The summed E-state index contributed by atoms with van der Waals surface area (Å²) in [5.74, 6) is 1.04. The second kappa shape index (κ2) is 13.3. The first-order valence-corrected chi connectivity index (χ1v) is 13.4. The number of hydrogen-bond donors (Lipinski definition) is 2. The minimum atomic E-state index is 0.159. The fourth-order valence-electron chi connectivity index (χ4n) is 5.46. The highest BCUT2D eigenvalue weighted by atomic mass is 15.2. The summed E-state index contributed by atoms with van der Waals surface area (Å²) in [5.41, 5.74) is 5.75. The molecule has 0 saturated carbocycles. The van der Waals surface area contributed by atoms with Crippen LogP contribution in [0.4, 0.5) is 0 Å². The Labute approximate surface area is 221 Å². The van der Waals surface area contributed by atoms with E-state index in [1.54, 1.807) is 6.08 Å². The quantitative estimate of drug-likeness (QED) is 0.333. The summed E-state index contributed by atoms with van der Waals surface area (Å²) in [4.78, 5) is 10.5. The number of likely N-dealkylation sites (tertiary alicyclic amines) is 1. The fraction of sp³-hybridized carbons (Fsp3) is 0.387. The van der Waals surface area contributed by atoms with E-state index in [4.69, 9.17) is 5.41 Å². The van der Waals surface area contributed by atoms with Crippen LogP contribution in [0.2, 0.25) is 0 Å². The van der Waals surface area contributed by atoms with Crippen molar-refractivity contribution in [2.75, 3.05) is 19.6 Å². The highest BCUT2D eigenvalue weighted by molar-refractivity contribution is 5.96. The number of piperidine rings is 1. The standard InChI is InChI=1S/C16H24N2.C15H16N4/c1-2-6-14(7-3-1)13-18-11-5-9-16(18)15-8-4-10-17-12-15;1-11-8-13(5-7-15(16)17-3)4-6-14(11)19-9-12(2)18-10-19/h1-3,6-7,15-17H,4-5,8-13H2;4-10,16H,3H2,1-2H3/b;7-5+,16-15?/t15-,16?;/m1./s1. The Kier molecular flexibility index (Phi) is 9.58. The molecule has 1 unspecified atom stereocenters. The van der Waals surface area contributed by atoms with E-state index in [-0.39, 0.29) is 5.84 Å². The number of aromatic nitrogens is 2. The molecule has 0 spiro atoms. The molecule has 6 heteroatoms. The number of rotatable bonds is 6. The first-order chi connectivity index (χ1) is 18.0. The van der Waals surface area contributed by atoms with E-state index in [2.05, 4.69) is 70.2 Å². The van der Waals surface area contributed by atoms with Crippen molar-refractivity contribution in [1.82, 2.24) is 19.8 Å². The van der Waals surface area contributed by atoms with E-state index >= 15 is 0 Å². The summed E-state index contributed by atoms with van der Waals surface area (Å²) in [5, 5.41) is 11.0. The second-order valence-electron chi connectivity index (χ2n) is 10.1. The maximum absolute atomic E-state index is 7.39. The molecule has 0 radical (unpaired) electrons. The lowest BCUT2D eigenvalue weighted by molar-refractivity contribution is 0.159. The van der Waals surface area contributed by atoms with E-state index in [1.807, 2.05) is 42.2 Å². The molecule has 2 N–H and O–H groups in total. The minimum Gasteiger partial charge on any atom is -0.316 e. The molecule has 0 bridgehead atoms. The van der Waals surface area contributed by atoms with Crippen LogP contribution in [0.5, 0.6) is 0 Å². The molecular weight excluding hydrogens is 456 g/mol. The second-order valence-corrected chi connectivity index (χ2v) is 10.1. The van der Waals surface area contributed by atoms with Gasteiger partial charge in [0.1, 0.15) is 5.84 Å². The number of benzene rings is 2. The SMILES string of the molecule is C=NC(=N)/C=C/c1ccc(-n2cnc(C)c2)c(C)c1.c1ccc(CN2CCCC2[C@@H]2CCCNC2)cc1. The molecule has 2 fully saturated rings.